The number of hydrogen-bond acceptors (Lipinski definition) is 2. The van der Waals surface area contributed by atoms with E-state index in [1.54, 1.807) is 6.07 Å². The first kappa shape index (κ1) is 14.7. The Morgan fingerprint density at radius 1 is 1.53 bits per heavy atom. The summed E-state index contributed by atoms with van der Waals surface area (Å²) in [6, 6.07) is 2.56. The van der Waals surface area contributed by atoms with Gasteiger partial charge in [-0.3, -0.25) is 0 Å². The maximum atomic E-state index is 13.1. The molecule has 0 saturated carbocycles. The van der Waals surface area contributed by atoms with Gasteiger partial charge in [0.2, 0.25) is 0 Å². The topological polar surface area (TPSA) is 46.2 Å². The van der Waals surface area contributed by atoms with Crippen LogP contribution >= 0.6 is 28.3 Å². The smallest absolute Gasteiger partial charge is 0.166 e. The van der Waals surface area contributed by atoms with Gasteiger partial charge in [-0.25, -0.2) is 4.39 Å². The van der Waals surface area contributed by atoms with Gasteiger partial charge < -0.3 is 10.8 Å². The Bertz CT molecular complexity index is 335. The van der Waals surface area contributed by atoms with Crippen molar-refractivity contribution in [3.05, 3.63) is 28.0 Å². The number of hydrogen-bond donors (Lipinski definition) is 2. The highest BCUT2D eigenvalue weighted by atomic mass is 79.9. The molecule has 0 fully saturated rings. The van der Waals surface area contributed by atoms with E-state index < -0.39 is 5.82 Å². The molecule has 0 aromatic heterocycles. The second-order valence-electron chi connectivity index (χ2n) is 3.22. The van der Waals surface area contributed by atoms with Crippen molar-refractivity contribution in [3.63, 3.8) is 0 Å². The molecule has 15 heavy (non-hydrogen) atoms. The summed E-state index contributed by atoms with van der Waals surface area (Å²) in [4.78, 5) is 0. The van der Waals surface area contributed by atoms with Gasteiger partial charge in [0.05, 0.1) is 0 Å². The number of benzene rings is 1. The lowest BCUT2D eigenvalue weighted by Gasteiger charge is -2.13. The molecule has 0 amide bonds. The summed E-state index contributed by atoms with van der Waals surface area (Å²) in [5, 5.41) is 9.44. The first-order chi connectivity index (χ1) is 6.56. The molecule has 0 radical (unpaired) electrons. The summed E-state index contributed by atoms with van der Waals surface area (Å²) in [6.45, 7) is 1.99. The summed E-state index contributed by atoms with van der Waals surface area (Å²) in [6.07, 6.45) is 1.62. The number of aromatic hydroxyl groups is 1. The molecule has 1 rings (SSSR count). The Kier molecular flexibility index (Phi) is 6.17. The Morgan fingerprint density at radius 2 is 2.13 bits per heavy atom. The van der Waals surface area contributed by atoms with Crippen molar-refractivity contribution >= 4 is 28.3 Å². The SMILES string of the molecule is CCC[C@@H](N)c1cc(Br)cc(F)c1O.Cl. The lowest BCUT2D eigenvalue weighted by atomic mass is 10.0. The van der Waals surface area contributed by atoms with E-state index in [1.165, 1.54) is 6.07 Å². The zero-order valence-corrected chi connectivity index (χ0v) is 10.7. The standard InChI is InChI=1S/C10H13BrFNO.ClH/c1-2-3-9(13)7-4-6(11)5-8(12)10(7)14;/h4-5,9,14H,2-3,13H2,1H3;1H/t9-;/m1./s1. The summed E-state index contributed by atoms with van der Waals surface area (Å²) in [5.41, 5.74) is 6.25. The minimum absolute atomic E-state index is 0. The van der Waals surface area contributed by atoms with Crippen molar-refractivity contribution in [3.8, 4) is 5.75 Å². The number of halogens is 3. The van der Waals surface area contributed by atoms with Gasteiger partial charge in [-0.2, -0.15) is 0 Å². The van der Waals surface area contributed by atoms with Crippen molar-refractivity contribution in [2.75, 3.05) is 0 Å². The summed E-state index contributed by atoms with van der Waals surface area (Å²) in [7, 11) is 0. The predicted molar refractivity (Wildman–Crippen MR) is 64.8 cm³/mol. The molecule has 0 bridgehead atoms. The largest absolute Gasteiger partial charge is 0.505 e. The monoisotopic (exact) mass is 297 g/mol. The van der Waals surface area contributed by atoms with E-state index in [0.717, 1.165) is 12.8 Å². The Labute approximate surface area is 103 Å². The van der Waals surface area contributed by atoms with Gasteiger partial charge in [0.15, 0.2) is 11.6 Å². The van der Waals surface area contributed by atoms with Crippen LogP contribution in [0.3, 0.4) is 0 Å². The molecule has 3 N–H and O–H groups in total. The highest BCUT2D eigenvalue weighted by Crippen LogP contribution is 2.31. The maximum Gasteiger partial charge on any atom is 0.166 e. The molecular weight excluding hydrogens is 284 g/mol. The quantitative estimate of drug-likeness (QED) is 0.897. The van der Waals surface area contributed by atoms with Crippen LogP contribution in [0.2, 0.25) is 0 Å². The van der Waals surface area contributed by atoms with Crippen LogP contribution in [0.15, 0.2) is 16.6 Å². The van der Waals surface area contributed by atoms with Crippen molar-refractivity contribution < 1.29 is 9.50 Å². The molecule has 0 aliphatic heterocycles. The van der Waals surface area contributed by atoms with E-state index in [9.17, 15) is 9.50 Å². The maximum absolute atomic E-state index is 13.1. The van der Waals surface area contributed by atoms with Crippen molar-refractivity contribution in [2.45, 2.75) is 25.8 Å². The molecule has 0 aliphatic carbocycles. The first-order valence-corrected chi connectivity index (χ1v) is 5.29. The van der Waals surface area contributed by atoms with Gasteiger partial charge in [-0.15, -0.1) is 12.4 Å². The average molecular weight is 299 g/mol. The molecule has 2 nitrogen and oxygen atoms in total. The van der Waals surface area contributed by atoms with Crippen LogP contribution in [-0.2, 0) is 0 Å². The van der Waals surface area contributed by atoms with Crippen LogP contribution in [0.5, 0.6) is 5.75 Å². The lowest BCUT2D eigenvalue weighted by molar-refractivity contribution is 0.418. The van der Waals surface area contributed by atoms with E-state index in [0.29, 0.717) is 10.0 Å². The molecule has 0 heterocycles. The third kappa shape index (κ3) is 3.63. The van der Waals surface area contributed by atoms with Gasteiger partial charge in [-0.05, 0) is 18.6 Å². The summed E-state index contributed by atoms with van der Waals surface area (Å²) >= 11 is 3.16. The van der Waals surface area contributed by atoms with Crippen LogP contribution in [0, 0.1) is 5.82 Å². The number of phenols is 1. The average Bonchev–Trinajstić information content (AvgIpc) is 2.11. The van der Waals surface area contributed by atoms with Crippen LogP contribution in [-0.4, -0.2) is 5.11 Å². The Hall–Kier alpha value is -0.320. The van der Waals surface area contributed by atoms with E-state index in [-0.39, 0.29) is 24.2 Å². The van der Waals surface area contributed by atoms with Crippen LogP contribution in [0.1, 0.15) is 31.4 Å². The zero-order valence-electron chi connectivity index (χ0n) is 8.34. The first-order valence-electron chi connectivity index (χ1n) is 4.49. The summed E-state index contributed by atoms with van der Waals surface area (Å²) in [5.74, 6) is -0.977. The normalized spacial score (nSPS) is 12.0. The van der Waals surface area contributed by atoms with Crippen molar-refractivity contribution in [2.24, 2.45) is 5.73 Å². The zero-order chi connectivity index (χ0) is 10.7. The molecule has 1 aromatic carbocycles. The van der Waals surface area contributed by atoms with Gasteiger partial charge in [0.1, 0.15) is 0 Å². The van der Waals surface area contributed by atoms with Crippen LogP contribution in [0.25, 0.3) is 0 Å². The van der Waals surface area contributed by atoms with E-state index >= 15 is 0 Å². The molecule has 5 heteroatoms. The molecule has 1 aromatic rings. The Morgan fingerprint density at radius 3 is 2.67 bits per heavy atom. The van der Waals surface area contributed by atoms with Gasteiger partial charge >= 0.3 is 0 Å². The van der Waals surface area contributed by atoms with E-state index in [1.807, 2.05) is 6.92 Å². The van der Waals surface area contributed by atoms with Crippen molar-refractivity contribution in [1.29, 1.82) is 0 Å². The molecule has 0 unspecified atom stereocenters. The summed E-state index contributed by atoms with van der Waals surface area (Å²) < 4.78 is 13.7. The fourth-order valence-corrected chi connectivity index (χ4v) is 1.78. The van der Waals surface area contributed by atoms with Gasteiger partial charge in [-0.1, -0.05) is 29.3 Å². The highest BCUT2D eigenvalue weighted by Gasteiger charge is 2.14. The Balaban J connectivity index is 0.00000196. The molecule has 0 spiro atoms. The van der Waals surface area contributed by atoms with E-state index in [2.05, 4.69) is 15.9 Å². The number of rotatable bonds is 3. The second-order valence-corrected chi connectivity index (χ2v) is 4.14. The second kappa shape index (κ2) is 6.30. The van der Waals surface area contributed by atoms with Gasteiger partial charge in [0, 0.05) is 16.1 Å². The molecule has 0 saturated heterocycles. The third-order valence-electron chi connectivity index (χ3n) is 2.06. The minimum atomic E-state index is -0.638. The van der Waals surface area contributed by atoms with Crippen LogP contribution in [0.4, 0.5) is 4.39 Å². The fraction of sp³-hybridized carbons (Fsp3) is 0.400. The van der Waals surface area contributed by atoms with Crippen LogP contribution < -0.4 is 5.73 Å². The molecule has 0 aliphatic rings. The minimum Gasteiger partial charge on any atom is -0.505 e. The third-order valence-corrected chi connectivity index (χ3v) is 2.51. The predicted octanol–water partition coefficient (Wildman–Crippen LogP) is 3.52. The highest BCUT2D eigenvalue weighted by molar-refractivity contribution is 9.10. The number of nitrogens with two attached hydrogens (primary N) is 1. The molecule has 1 atom stereocenters. The van der Waals surface area contributed by atoms with Gasteiger partial charge in [0.25, 0.3) is 0 Å². The molecular formula is C10H14BrClFNO. The molecule has 86 valence electrons. The van der Waals surface area contributed by atoms with Crippen molar-refractivity contribution in [1.82, 2.24) is 0 Å². The van der Waals surface area contributed by atoms with E-state index in [4.69, 9.17) is 5.73 Å². The lowest BCUT2D eigenvalue weighted by Crippen LogP contribution is -2.10. The fourth-order valence-electron chi connectivity index (χ4n) is 1.34. The number of phenolic OH excluding ortho intramolecular Hbond substituents is 1.